The van der Waals surface area contributed by atoms with Gasteiger partial charge in [0.05, 0.1) is 0 Å². The molecule has 9 nitrogen and oxygen atoms in total. The number of amides is 2. The zero-order valence-corrected chi connectivity index (χ0v) is 21.3. The fourth-order valence-corrected chi connectivity index (χ4v) is 5.49. The summed E-state index contributed by atoms with van der Waals surface area (Å²) < 4.78 is 12.1. The number of para-hydroxylation sites is 1. The SMILES string of the molecule is CC(C)(C)C1NC(=O)CCc2ccc3c(c2)C2(/C=C(\c4nc(C#N)co4)NC1=O)c1ccccc1NC2O3. The first kappa shape index (κ1) is 23.8. The van der Waals surface area contributed by atoms with E-state index >= 15 is 0 Å². The first-order valence-corrected chi connectivity index (χ1v) is 12.5. The van der Waals surface area contributed by atoms with Crippen LogP contribution in [0.1, 0.15) is 55.5 Å². The predicted molar refractivity (Wildman–Crippen MR) is 139 cm³/mol. The molecule has 0 saturated heterocycles. The summed E-state index contributed by atoms with van der Waals surface area (Å²) in [5.74, 6) is 0.168. The van der Waals surface area contributed by atoms with E-state index < -0.39 is 29.0 Å². The summed E-state index contributed by atoms with van der Waals surface area (Å²) in [7, 11) is 0. The van der Waals surface area contributed by atoms with Gasteiger partial charge in [0, 0.05) is 17.7 Å². The minimum Gasteiger partial charge on any atom is -0.469 e. The van der Waals surface area contributed by atoms with Crippen LogP contribution >= 0.6 is 0 Å². The normalized spacial score (nSPS) is 25.5. The molecule has 1 spiro atoms. The number of rotatable bonds is 1. The fourth-order valence-electron chi connectivity index (χ4n) is 5.49. The summed E-state index contributed by atoms with van der Waals surface area (Å²) in [6, 6.07) is 15.0. The van der Waals surface area contributed by atoms with Crippen LogP contribution in [0, 0.1) is 16.7 Å². The number of nitrogens with zero attached hydrogens (tertiary/aromatic N) is 2. The highest BCUT2D eigenvalue weighted by atomic mass is 16.5. The monoisotopic (exact) mass is 509 g/mol. The molecule has 3 aromatic rings. The van der Waals surface area contributed by atoms with Gasteiger partial charge < -0.3 is 25.1 Å². The molecular weight excluding hydrogens is 482 g/mol. The summed E-state index contributed by atoms with van der Waals surface area (Å²) in [5.41, 5.74) is 2.72. The molecule has 3 aliphatic heterocycles. The molecule has 2 bridgehead atoms. The third-order valence-electron chi connectivity index (χ3n) is 7.36. The maximum atomic E-state index is 13.8. The van der Waals surface area contributed by atoms with Crippen molar-refractivity contribution in [3.63, 3.8) is 0 Å². The average Bonchev–Trinajstić information content (AvgIpc) is 3.56. The van der Waals surface area contributed by atoms with Crippen molar-refractivity contribution in [3.05, 3.63) is 83.1 Å². The van der Waals surface area contributed by atoms with Gasteiger partial charge in [0.15, 0.2) is 11.9 Å². The number of hydrogen-bond donors (Lipinski definition) is 3. The Balaban J connectivity index is 1.62. The van der Waals surface area contributed by atoms with E-state index in [9.17, 15) is 14.9 Å². The lowest BCUT2D eigenvalue weighted by Crippen LogP contribution is -2.53. The van der Waals surface area contributed by atoms with Crippen LogP contribution in [0.15, 0.2) is 59.2 Å². The van der Waals surface area contributed by atoms with E-state index in [0.29, 0.717) is 12.2 Å². The number of nitrogens with one attached hydrogen (secondary N) is 3. The summed E-state index contributed by atoms with van der Waals surface area (Å²) in [4.78, 5) is 31.0. The summed E-state index contributed by atoms with van der Waals surface area (Å²) in [5, 5.41) is 18.8. The molecule has 0 aliphatic carbocycles. The minimum absolute atomic E-state index is 0.0862. The van der Waals surface area contributed by atoms with E-state index in [1.165, 1.54) is 6.26 Å². The fraction of sp³-hybridized carbons (Fsp3) is 0.310. The smallest absolute Gasteiger partial charge is 0.247 e. The Labute approximate surface area is 219 Å². The van der Waals surface area contributed by atoms with E-state index in [1.807, 2.05) is 69.3 Å². The van der Waals surface area contributed by atoms with Gasteiger partial charge >= 0.3 is 0 Å². The molecule has 0 radical (unpaired) electrons. The molecule has 192 valence electrons. The van der Waals surface area contributed by atoms with Gasteiger partial charge in [-0.1, -0.05) is 51.1 Å². The highest BCUT2D eigenvalue weighted by molar-refractivity contribution is 5.94. The molecule has 3 unspecified atom stereocenters. The molecule has 0 saturated carbocycles. The zero-order chi connectivity index (χ0) is 26.7. The van der Waals surface area contributed by atoms with Crippen molar-refractivity contribution in [1.29, 1.82) is 5.26 Å². The molecule has 2 aromatic carbocycles. The molecule has 2 amide bonds. The number of hydrogen-bond acceptors (Lipinski definition) is 7. The highest BCUT2D eigenvalue weighted by Gasteiger charge is 2.55. The van der Waals surface area contributed by atoms with E-state index in [2.05, 4.69) is 27.0 Å². The van der Waals surface area contributed by atoms with Crippen LogP contribution in [0.4, 0.5) is 5.69 Å². The summed E-state index contributed by atoms with van der Waals surface area (Å²) in [6.07, 6.45) is 3.40. The molecule has 38 heavy (non-hydrogen) atoms. The maximum Gasteiger partial charge on any atom is 0.247 e. The second-order valence-electron chi connectivity index (χ2n) is 11.0. The standard InChI is InChI=1S/C29H27N5O4/c1-28(2,3)24-25(36)32-21(26-31-17(14-30)15-37-26)13-29-18-6-4-5-7-20(18)33-27(29)38-22-10-8-16(12-19(22)29)9-11-23(35)34-24/h4-8,10,12-13,15,24,27,33H,9,11H2,1-3H3,(H,32,36)(H,34,35)/b21-13+. The molecule has 3 N–H and O–H groups in total. The van der Waals surface area contributed by atoms with Crippen molar-refractivity contribution < 1.29 is 18.7 Å². The van der Waals surface area contributed by atoms with E-state index in [1.54, 1.807) is 0 Å². The molecule has 1 aromatic heterocycles. The number of anilines is 1. The van der Waals surface area contributed by atoms with Crippen molar-refractivity contribution in [1.82, 2.24) is 15.6 Å². The molecule has 4 heterocycles. The lowest BCUT2D eigenvalue weighted by molar-refractivity contribution is -0.130. The van der Waals surface area contributed by atoms with Gasteiger partial charge in [-0.05, 0) is 41.2 Å². The van der Waals surface area contributed by atoms with E-state index in [0.717, 1.165) is 22.4 Å². The topological polar surface area (TPSA) is 129 Å². The minimum atomic E-state index is -0.839. The van der Waals surface area contributed by atoms with Crippen molar-refractivity contribution in [2.24, 2.45) is 5.41 Å². The first-order valence-electron chi connectivity index (χ1n) is 12.5. The molecule has 0 fully saturated rings. The number of nitriles is 1. The number of fused-ring (bicyclic) bond motifs is 2. The zero-order valence-electron chi connectivity index (χ0n) is 21.3. The van der Waals surface area contributed by atoms with Gasteiger partial charge in [0.1, 0.15) is 35.2 Å². The van der Waals surface area contributed by atoms with Gasteiger partial charge in [-0.3, -0.25) is 9.59 Å². The lowest BCUT2D eigenvalue weighted by Gasteiger charge is -2.31. The second kappa shape index (κ2) is 8.48. The number of aromatic nitrogens is 1. The summed E-state index contributed by atoms with van der Waals surface area (Å²) in [6.45, 7) is 5.68. The second-order valence-corrected chi connectivity index (χ2v) is 11.0. The molecule has 3 aliphatic rings. The number of benzene rings is 2. The van der Waals surface area contributed by atoms with Crippen LogP contribution in [0.25, 0.3) is 5.70 Å². The van der Waals surface area contributed by atoms with Gasteiger partial charge in [0.2, 0.25) is 17.7 Å². The van der Waals surface area contributed by atoms with Crippen molar-refractivity contribution in [3.8, 4) is 11.8 Å². The highest BCUT2D eigenvalue weighted by Crippen LogP contribution is 2.55. The largest absolute Gasteiger partial charge is 0.469 e. The Kier molecular flexibility index (Phi) is 5.31. The molecule has 9 heteroatoms. The molecule has 3 atom stereocenters. The van der Waals surface area contributed by atoms with Crippen LogP contribution in [0.3, 0.4) is 0 Å². The van der Waals surface area contributed by atoms with Gasteiger partial charge in [-0.15, -0.1) is 0 Å². The van der Waals surface area contributed by atoms with Gasteiger partial charge in [-0.2, -0.15) is 10.2 Å². The average molecular weight is 510 g/mol. The predicted octanol–water partition coefficient (Wildman–Crippen LogP) is 3.61. The lowest BCUT2D eigenvalue weighted by atomic mass is 9.74. The Bertz CT molecular complexity index is 1540. The Morgan fingerprint density at radius 1 is 1.08 bits per heavy atom. The summed E-state index contributed by atoms with van der Waals surface area (Å²) >= 11 is 0. The van der Waals surface area contributed by atoms with Crippen LogP contribution in [0.5, 0.6) is 5.75 Å². The third-order valence-corrected chi connectivity index (χ3v) is 7.36. The first-order chi connectivity index (χ1) is 18.2. The quantitative estimate of drug-likeness (QED) is 0.457. The number of ether oxygens (including phenoxy) is 1. The van der Waals surface area contributed by atoms with Crippen LogP contribution < -0.4 is 20.7 Å². The third kappa shape index (κ3) is 3.72. The molecule has 6 rings (SSSR count). The van der Waals surface area contributed by atoms with Crippen LogP contribution in [-0.4, -0.2) is 29.1 Å². The van der Waals surface area contributed by atoms with Crippen molar-refractivity contribution >= 4 is 23.2 Å². The Morgan fingerprint density at radius 3 is 2.66 bits per heavy atom. The van der Waals surface area contributed by atoms with Crippen LogP contribution in [0.2, 0.25) is 0 Å². The Morgan fingerprint density at radius 2 is 1.89 bits per heavy atom. The van der Waals surface area contributed by atoms with Crippen LogP contribution in [-0.2, 0) is 21.4 Å². The number of carbonyl (C=O) groups excluding carboxylic acids is 2. The number of aryl methyl sites for hydroxylation is 1. The van der Waals surface area contributed by atoms with Crippen molar-refractivity contribution in [2.45, 2.75) is 51.3 Å². The van der Waals surface area contributed by atoms with Crippen molar-refractivity contribution in [2.75, 3.05) is 5.32 Å². The van der Waals surface area contributed by atoms with E-state index in [4.69, 9.17) is 9.15 Å². The number of oxazole rings is 1. The van der Waals surface area contributed by atoms with E-state index in [-0.39, 0.29) is 29.6 Å². The van der Waals surface area contributed by atoms with Gasteiger partial charge in [0.25, 0.3) is 0 Å². The maximum absolute atomic E-state index is 13.8. The van der Waals surface area contributed by atoms with Gasteiger partial charge in [-0.25, -0.2) is 0 Å². The Hall–Kier alpha value is -4.58. The molecular formula is C29H27N5O4. The number of carbonyl (C=O) groups is 2.